The second-order valence-electron chi connectivity index (χ2n) is 3.00. The topological polar surface area (TPSA) is 54.4 Å². The van der Waals surface area contributed by atoms with Crippen molar-refractivity contribution in [3.05, 3.63) is 34.2 Å². The Morgan fingerprint density at radius 3 is 2.41 bits per heavy atom. The molecule has 0 spiro atoms. The number of rotatable bonds is 2. The molecular formula is C9H6ClF3O3S. The Bertz CT molecular complexity index is 549. The Hall–Kier alpha value is -1.21. The van der Waals surface area contributed by atoms with Crippen LogP contribution in [0.1, 0.15) is 5.56 Å². The number of hydrogen-bond donors (Lipinski definition) is 1. The quantitative estimate of drug-likeness (QED) is 0.909. The molecule has 94 valence electrons. The molecule has 0 heterocycles. The van der Waals surface area contributed by atoms with Gasteiger partial charge in [0.05, 0.1) is 0 Å². The van der Waals surface area contributed by atoms with Gasteiger partial charge in [0, 0.05) is 16.0 Å². The van der Waals surface area contributed by atoms with Gasteiger partial charge < -0.3 is 5.11 Å². The lowest BCUT2D eigenvalue weighted by Gasteiger charge is -2.03. The molecule has 17 heavy (non-hydrogen) atoms. The predicted octanol–water partition coefficient (Wildman–Crippen LogP) is 2.95. The number of aromatic hydroxyl groups is 1. The highest BCUT2D eigenvalue weighted by Crippen LogP contribution is 2.27. The lowest BCUT2D eigenvalue weighted by atomic mass is 10.2. The van der Waals surface area contributed by atoms with Crippen LogP contribution in [-0.2, 0) is 9.84 Å². The van der Waals surface area contributed by atoms with E-state index in [0.717, 1.165) is 12.1 Å². The van der Waals surface area contributed by atoms with Gasteiger partial charge in [-0.1, -0.05) is 11.6 Å². The Morgan fingerprint density at radius 2 is 1.88 bits per heavy atom. The van der Waals surface area contributed by atoms with Gasteiger partial charge in [-0.2, -0.15) is 13.2 Å². The van der Waals surface area contributed by atoms with Crippen molar-refractivity contribution in [2.45, 2.75) is 5.51 Å². The molecular weight excluding hydrogens is 281 g/mol. The fourth-order valence-electron chi connectivity index (χ4n) is 0.899. The molecule has 1 aromatic carbocycles. The van der Waals surface area contributed by atoms with Crippen molar-refractivity contribution in [1.82, 2.24) is 0 Å². The molecule has 8 heteroatoms. The summed E-state index contributed by atoms with van der Waals surface area (Å²) in [6, 6.07) is 3.59. The summed E-state index contributed by atoms with van der Waals surface area (Å²) in [5.41, 5.74) is -5.48. The summed E-state index contributed by atoms with van der Waals surface area (Å²) in [5.74, 6) is -0.372. The monoisotopic (exact) mass is 286 g/mol. The minimum atomic E-state index is -5.36. The Morgan fingerprint density at radius 1 is 1.29 bits per heavy atom. The predicted molar refractivity (Wildman–Crippen MR) is 57.1 cm³/mol. The summed E-state index contributed by atoms with van der Waals surface area (Å²) < 4.78 is 57.4. The molecule has 0 atom stereocenters. The molecule has 3 nitrogen and oxygen atoms in total. The third-order valence-corrected chi connectivity index (χ3v) is 3.11. The van der Waals surface area contributed by atoms with E-state index < -0.39 is 15.3 Å². The molecule has 1 N–H and O–H groups in total. The lowest BCUT2D eigenvalue weighted by molar-refractivity contribution is -0.0423. The zero-order valence-corrected chi connectivity index (χ0v) is 9.64. The molecule has 0 bridgehead atoms. The largest absolute Gasteiger partial charge is 0.507 e. The van der Waals surface area contributed by atoms with Gasteiger partial charge in [0.25, 0.3) is 9.84 Å². The standard InChI is InChI=1S/C9H6ClF3O3S/c10-7-1-2-8(14)6(5-7)3-4-17(15,16)9(11,12)13/h1-5,14H/b4-3+. The minimum Gasteiger partial charge on any atom is -0.507 e. The summed E-state index contributed by atoms with van der Waals surface area (Å²) in [6.07, 6.45) is 0.629. The fraction of sp³-hybridized carbons (Fsp3) is 0.111. The Kier molecular flexibility index (Phi) is 3.73. The van der Waals surface area contributed by atoms with Gasteiger partial charge in [-0.25, -0.2) is 8.42 Å². The van der Waals surface area contributed by atoms with Crippen molar-refractivity contribution in [2.24, 2.45) is 0 Å². The number of phenolic OH excluding ortho intramolecular Hbond substituents is 1. The average Bonchev–Trinajstić information content (AvgIpc) is 2.18. The van der Waals surface area contributed by atoms with Crippen LogP contribution >= 0.6 is 11.6 Å². The second kappa shape index (κ2) is 4.58. The molecule has 0 unspecified atom stereocenters. The van der Waals surface area contributed by atoms with Crippen molar-refractivity contribution in [2.75, 3.05) is 0 Å². The van der Waals surface area contributed by atoms with Gasteiger partial charge in [0.2, 0.25) is 0 Å². The van der Waals surface area contributed by atoms with Gasteiger partial charge in [-0.3, -0.25) is 0 Å². The summed E-state index contributed by atoms with van der Waals surface area (Å²) >= 11 is 5.54. The summed E-state index contributed by atoms with van der Waals surface area (Å²) in [5, 5.41) is 9.38. The van der Waals surface area contributed by atoms with Crippen LogP contribution < -0.4 is 0 Å². The lowest BCUT2D eigenvalue weighted by Crippen LogP contribution is -2.20. The second-order valence-corrected chi connectivity index (χ2v) is 5.26. The van der Waals surface area contributed by atoms with Crippen LogP contribution in [0.25, 0.3) is 6.08 Å². The molecule has 0 aliphatic rings. The molecule has 0 radical (unpaired) electrons. The summed E-state index contributed by atoms with van der Waals surface area (Å²) in [7, 11) is -5.36. The number of hydrogen-bond acceptors (Lipinski definition) is 3. The fourth-order valence-corrected chi connectivity index (χ4v) is 1.56. The van der Waals surface area contributed by atoms with Crippen LogP contribution in [0.5, 0.6) is 5.75 Å². The van der Waals surface area contributed by atoms with E-state index in [1.54, 1.807) is 0 Å². The van der Waals surface area contributed by atoms with E-state index in [0.29, 0.717) is 6.08 Å². The van der Waals surface area contributed by atoms with Crippen LogP contribution in [0.2, 0.25) is 5.02 Å². The summed E-state index contributed by atoms with van der Waals surface area (Å²) in [6.45, 7) is 0. The molecule has 0 amide bonds. The first-order chi connectivity index (χ1) is 7.63. The molecule has 0 aliphatic heterocycles. The van der Waals surface area contributed by atoms with E-state index >= 15 is 0 Å². The number of halogens is 4. The van der Waals surface area contributed by atoms with Gasteiger partial charge in [0.1, 0.15) is 5.75 Å². The van der Waals surface area contributed by atoms with Crippen LogP contribution in [0.15, 0.2) is 23.6 Å². The van der Waals surface area contributed by atoms with Crippen molar-refractivity contribution >= 4 is 27.5 Å². The van der Waals surface area contributed by atoms with Gasteiger partial charge in [-0.05, 0) is 24.3 Å². The van der Waals surface area contributed by atoms with Gasteiger partial charge in [0.15, 0.2) is 0 Å². The van der Waals surface area contributed by atoms with Gasteiger partial charge >= 0.3 is 5.51 Å². The number of sulfone groups is 1. The molecule has 0 fully saturated rings. The molecule has 0 aromatic heterocycles. The number of alkyl halides is 3. The smallest absolute Gasteiger partial charge is 0.501 e. The van der Waals surface area contributed by atoms with Crippen molar-refractivity contribution < 1.29 is 26.7 Å². The maximum absolute atomic E-state index is 12.0. The van der Waals surface area contributed by atoms with E-state index in [4.69, 9.17) is 11.6 Å². The highest BCUT2D eigenvalue weighted by Gasteiger charge is 2.43. The molecule has 0 saturated carbocycles. The average molecular weight is 287 g/mol. The molecule has 1 aromatic rings. The first kappa shape index (κ1) is 13.9. The molecule has 1 rings (SSSR count). The van der Waals surface area contributed by atoms with Crippen molar-refractivity contribution in [3.63, 3.8) is 0 Å². The zero-order valence-electron chi connectivity index (χ0n) is 8.07. The van der Waals surface area contributed by atoms with Crippen LogP contribution in [0, 0.1) is 0 Å². The van der Waals surface area contributed by atoms with E-state index in [-0.39, 0.29) is 21.7 Å². The third kappa shape index (κ3) is 3.37. The van der Waals surface area contributed by atoms with Crippen molar-refractivity contribution in [3.8, 4) is 5.75 Å². The van der Waals surface area contributed by atoms with Crippen LogP contribution in [-0.4, -0.2) is 19.0 Å². The minimum absolute atomic E-state index is 0.0294. The van der Waals surface area contributed by atoms with Gasteiger partial charge in [-0.15, -0.1) is 0 Å². The van der Waals surface area contributed by atoms with Crippen molar-refractivity contribution in [1.29, 1.82) is 0 Å². The molecule has 0 saturated heterocycles. The normalized spacial score (nSPS) is 13.2. The van der Waals surface area contributed by atoms with Crippen LogP contribution in [0.3, 0.4) is 0 Å². The first-order valence-corrected chi connectivity index (χ1v) is 6.04. The number of phenols is 1. The Balaban J connectivity index is 3.12. The third-order valence-electron chi connectivity index (χ3n) is 1.74. The van der Waals surface area contributed by atoms with E-state index in [1.807, 2.05) is 0 Å². The SMILES string of the molecule is O=S(=O)(/C=C/c1cc(Cl)ccc1O)C(F)(F)F. The highest BCUT2D eigenvalue weighted by atomic mass is 35.5. The van der Waals surface area contributed by atoms with E-state index in [9.17, 15) is 26.7 Å². The highest BCUT2D eigenvalue weighted by molar-refractivity contribution is 7.95. The maximum Gasteiger partial charge on any atom is 0.501 e. The zero-order chi connectivity index (χ0) is 13.3. The summed E-state index contributed by atoms with van der Waals surface area (Å²) in [4.78, 5) is 0. The van der Waals surface area contributed by atoms with E-state index in [1.165, 1.54) is 6.07 Å². The maximum atomic E-state index is 12.0. The number of benzene rings is 1. The Labute approximate surface area is 100 Å². The van der Waals surface area contributed by atoms with Crippen LogP contribution in [0.4, 0.5) is 13.2 Å². The molecule has 0 aliphatic carbocycles. The van der Waals surface area contributed by atoms with E-state index in [2.05, 4.69) is 0 Å². The first-order valence-electron chi connectivity index (χ1n) is 4.11.